The van der Waals surface area contributed by atoms with Crippen molar-refractivity contribution in [3.05, 3.63) is 30.4 Å². The lowest BCUT2D eigenvalue weighted by Crippen LogP contribution is -1.91. The van der Waals surface area contributed by atoms with Gasteiger partial charge >= 0.3 is 0 Å². The number of hydrogen-bond acceptors (Lipinski definition) is 2. The molecular formula is C8H3I2NO. The summed E-state index contributed by atoms with van der Waals surface area (Å²) in [6, 6.07) is 5.56. The van der Waals surface area contributed by atoms with E-state index in [2.05, 4.69) is 22.6 Å². The summed E-state index contributed by atoms with van der Waals surface area (Å²) in [5.74, 6) is 0. The van der Waals surface area contributed by atoms with Crippen molar-refractivity contribution in [1.29, 1.82) is 5.26 Å². The van der Waals surface area contributed by atoms with Gasteiger partial charge in [-0.05, 0) is 57.3 Å². The minimum atomic E-state index is 0.560. The second-order valence-corrected chi connectivity index (χ2v) is 4.41. The van der Waals surface area contributed by atoms with Gasteiger partial charge in [0.15, 0.2) is 6.29 Å². The van der Waals surface area contributed by atoms with Crippen molar-refractivity contribution in [3.8, 4) is 6.07 Å². The first-order valence-electron chi connectivity index (χ1n) is 3.03. The molecule has 0 aliphatic carbocycles. The van der Waals surface area contributed by atoms with Gasteiger partial charge in [0, 0.05) is 12.7 Å². The molecule has 0 aromatic heterocycles. The van der Waals surface area contributed by atoms with E-state index in [0.29, 0.717) is 11.1 Å². The Kier molecular flexibility index (Phi) is 3.46. The number of benzene rings is 1. The lowest BCUT2D eigenvalue weighted by atomic mass is 10.1. The number of nitrogens with zero attached hydrogens (tertiary/aromatic N) is 1. The molecule has 60 valence electrons. The second kappa shape index (κ2) is 4.18. The predicted octanol–water partition coefficient (Wildman–Crippen LogP) is 2.58. The number of nitriles is 1. The van der Waals surface area contributed by atoms with Gasteiger partial charge in [-0.3, -0.25) is 4.79 Å². The zero-order chi connectivity index (χ0) is 9.14. The number of carbonyl (C=O) groups is 1. The predicted molar refractivity (Wildman–Crippen MR) is 62.0 cm³/mol. The van der Waals surface area contributed by atoms with E-state index >= 15 is 0 Å². The monoisotopic (exact) mass is 383 g/mol. The van der Waals surface area contributed by atoms with Crippen LogP contribution in [0.3, 0.4) is 0 Å². The van der Waals surface area contributed by atoms with E-state index in [1.165, 1.54) is 0 Å². The quantitative estimate of drug-likeness (QED) is 0.553. The highest BCUT2D eigenvalue weighted by molar-refractivity contribution is 14.1. The molecule has 0 atom stereocenters. The number of carbonyl (C=O) groups excluding carboxylic acids is 1. The van der Waals surface area contributed by atoms with E-state index in [1.54, 1.807) is 12.1 Å². The van der Waals surface area contributed by atoms with Crippen LogP contribution in [-0.2, 0) is 0 Å². The lowest BCUT2D eigenvalue weighted by molar-refractivity contribution is 0.112. The third-order valence-corrected chi connectivity index (χ3v) is 3.14. The van der Waals surface area contributed by atoms with Gasteiger partial charge in [-0.2, -0.15) is 5.26 Å². The van der Waals surface area contributed by atoms with E-state index in [4.69, 9.17) is 5.26 Å². The Balaban J connectivity index is 3.44. The average Bonchev–Trinajstić information content (AvgIpc) is 2.08. The summed E-state index contributed by atoms with van der Waals surface area (Å²) in [6.07, 6.45) is 0.769. The SMILES string of the molecule is N#Cc1cc(I)cc(C=O)c1I. The van der Waals surface area contributed by atoms with Crippen LogP contribution < -0.4 is 0 Å². The van der Waals surface area contributed by atoms with Crippen LogP contribution >= 0.6 is 45.2 Å². The molecule has 0 radical (unpaired) electrons. The highest BCUT2D eigenvalue weighted by Crippen LogP contribution is 2.19. The Morgan fingerprint density at radius 2 is 2.08 bits per heavy atom. The highest BCUT2D eigenvalue weighted by Gasteiger charge is 2.05. The Bertz CT molecular complexity index is 368. The average molecular weight is 383 g/mol. The molecule has 0 bridgehead atoms. The Morgan fingerprint density at radius 1 is 1.42 bits per heavy atom. The standard InChI is InChI=1S/C8H3I2NO/c9-7-1-5(3-11)8(10)6(2-7)4-12/h1-2,4H. The van der Waals surface area contributed by atoms with Gasteiger partial charge in [0.2, 0.25) is 0 Å². The largest absolute Gasteiger partial charge is 0.298 e. The zero-order valence-electron chi connectivity index (χ0n) is 5.84. The van der Waals surface area contributed by atoms with Gasteiger partial charge in [0.05, 0.1) is 5.56 Å². The molecule has 0 aliphatic heterocycles. The number of halogens is 2. The van der Waals surface area contributed by atoms with E-state index < -0.39 is 0 Å². The Labute approximate surface area is 97.2 Å². The summed E-state index contributed by atoms with van der Waals surface area (Å²) in [7, 11) is 0. The molecule has 2 nitrogen and oxygen atoms in total. The molecular weight excluding hydrogens is 380 g/mol. The summed E-state index contributed by atoms with van der Waals surface area (Å²) in [5, 5.41) is 8.69. The summed E-state index contributed by atoms with van der Waals surface area (Å²) in [6.45, 7) is 0. The molecule has 0 N–H and O–H groups in total. The van der Waals surface area contributed by atoms with Crippen molar-refractivity contribution < 1.29 is 4.79 Å². The van der Waals surface area contributed by atoms with Gasteiger partial charge in [0.1, 0.15) is 6.07 Å². The zero-order valence-corrected chi connectivity index (χ0v) is 10.2. The summed E-state index contributed by atoms with van der Waals surface area (Å²) >= 11 is 4.08. The van der Waals surface area contributed by atoms with Crippen molar-refractivity contribution in [3.63, 3.8) is 0 Å². The van der Waals surface area contributed by atoms with E-state index in [9.17, 15) is 4.79 Å². The molecule has 12 heavy (non-hydrogen) atoms. The number of hydrogen-bond donors (Lipinski definition) is 0. The molecule has 0 fully saturated rings. The smallest absolute Gasteiger partial charge is 0.151 e. The number of aldehydes is 1. The first-order valence-corrected chi connectivity index (χ1v) is 5.19. The van der Waals surface area contributed by atoms with Crippen molar-refractivity contribution in [2.75, 3.05) is 0 Å². The maximum absolute atomic E-state index is 10.5. The Morgan fingerprint density at radius 3 is 2.58 bits per heavy atom. The molecule has 0 amide bonds. The van der Waals surface area contributed by atoms with Crippen molar-refractivity contribution >= 4 is 51.5 Å². The van der Waals surface area contributed by atoms with Gasteiger partial charge < -0.3 is 0 Å². The molecule has 1 aromatic carbocycles. The molecule has 4 heteroatoms. The van der Waals surface area contributed by atoms with Crippen LogP contribution in [0.2, 0.25) is 0 Å². The van der Waals surface area contributed by atoms with Crippen LogP contribution in [0.15, 0.2) is 12.1 Å². The fourth-order valence-electron chi connectivity index (χ4n) is 0.777. The number of rotatable bonds is 1. The third-order valence-electron chi connectivity index (χ3n) is 1.31. The molecule has 0 saturated carbocycles. The third kappa shape index (κ3) is 1.95. The highest BCUT2D eigenvalue weighted by atomic mass is 127. The van der Waals surface area contributed by atoms with Crippen LogP contribution in [-0.4, -0.2) is 6.29 Å². The van der Waals surface area contributed by atoms with Crippen molar-refractivity contribution in [2.45, 2.75) is 0 Å². The second-order valence-electron chi connectivity index (χ2n) is 2.09. The van der Waals surface area contributed by atoms with Crippen LogP contribution in [0, 0.1) is 18.5 Å². The molecule has 0 aliphatic rings. The molecule has 1 rings (SSSR count). The van der Waals surface area contributed by atoms with E-state index in [-0.39, 0.29) is 0 Å². The van der Waals surface area contributed by atoms with Crippen LogP contribution in [0.4, 0.5) is 0 Å². The first kappa shape index (κ1) is 9.92. The van der Waals surface area contributed by atoms with Gasteiger partial charge in [-0.1, -0.05) is 0 Å². The fraction of sp³-hybridized carbons (Fsp3) is 0. The van der Waals surface area contributed by atoms with Crippen LogP contribution in [0.5, 0.6) is 0 Å². The maximum atomic E-state index is 10.5. The fourth-order valence-corrected chi connectivity index (χ4v) is 1.98. The van der Waals surface area contributed by atoms with Gasteiger partial charge in [-0.25, -0.2) is 0 Å². The first-order chi connectivity index (χ1) is 5.69. The summed E-state index contributed by atoms with van der Waals surface area (Å²) in [4.78, 5) is 10.5. The molecule has 0 heterocycles. The van der Waals surface area contributed by atoms with Gasteiger partial charge in [-0.15, -0.1) is 0 Å². The van der Waals surface area contributed by atoms with Gasteiger partial charge in [0.25, 0.3) is 0 Å². The minimum Gasteiger partial charge on any atom is -0.298 e. The summed E-state index contributed by atoms with van der Waals surface area (Å²) < 4.78 is 1.64. The molecule has 1 aromatic rings. The molecule has 0 unspecified atom stereocenters. The van der Waals surface area contributed by atoms with Crippen LogP contribution in [0.25, 0.3) is 0 Å². The normalized spacial score (nSPS) is 9.08. The minimum absolute atomic E-state index is 0.560. The van der Waals surface area contributed by atoms with Crippen molar-refractivity contribution in [2.24, 2.45) is 0 Å². The molecule has 0 saturated heterocycles. The van der Waals surface area contributed by atoms with E-state index in [0.717, 1.165) is 13.4 Å². The topological polar surface area (TPSA) is 40.9 Å². The van der Waals surface area contributed by atoms with Crippen molar-refractivity contribution in [1.82, 2.24) is 0 Å². The molecule has 0 spiro atoms. The summed E-state index contributed by atoms with van der Waals surface area (Å²) in [5.41, 5.74) is 1.14. The van der Waals surface area contributed by atoms with Crippen LogP contribution in [0.1, 0.15) is 15.9 Å². The Hall–Kier alpha value is -0.160. The van der Waals surface area contributed by atoms with E-state index in [1.807, 2.05) is 28.7 Å². The maximum Gasteiger partial charge on any atom is 0.151 e. The lowest BCUT2D eigenvalue weighted by Gasteiger charge is -1.99.